The van der Waals surface area contributed by atoms with Crippen molar-refractivity contribution in [2.24, 2.45) is 16.3 Å². The molecule has 0 spiro atoms. The molecule has 2 aliphatic heterocycles. The number of nitrogens with zero attached hydrogens (tertiary/aromatic N) is 2. The van der Waals surface area contributed by atoms with Crippen LogP contribution in [0.1, 0.15) is 80.6 Å². The molecule has 0 radical (unpaired) electrons. The van der Waals surface area contributed by atoms with Gasteiger partial charge in [0.1, 0.15) is 5.82 Å². The quantitative estimate of drug-likeness (QED) is 0.317. The van der Waals surface area contributed by atoms with Gasteiger partial charge in [0.15, 0.2) is 0 Å². The number of benzene rings is 1. The van der Waals surface area contributed by atoms with Gasteiger partial charge in [0.25, 0.3) is 5.91 Å². The van der Waals surface area contributed by atoms with E-state index in [-0.39, 0.29) is 29.4 Å². The average Bonchev–Trinajstić information content (AvgIpc) is 3.71. The zero-order valence-corrected chi connectivity index (χ0v) is 26.7. The second-order valence-electron chi connectivity index (χ2n) is 11.0. The van der Waals surface area contributed by atoms with Crippen LogP contribution >= 0.6 is 11.6 Å². The Hall–Kier alpha value is -2.77. The summed E-state index contributed by atoms with van der Waals surface area (Å²) in [4.78, 5) is 18.7. The topological polar surface area (TPSA) is 88.8 Å². The number of piperidine rings is 1. The molecule has 2 heterocycles. The number of hydrogen-bond donors (Lipinski definition) is 3. The molecule has 1 saturated carbocycles. The zero-order valence-electron chi connectivity index (χ0n) is 25.9. The molecular formula is C33H50ClFN4O2. The highest BCUT2D eigenvalue weighted by atomic mass is 35.5. The Kier molecular flexibility index (Phi) is 15.8. The van der Waals surface area contributed by atoms with Crippen molar-refractivity contribution in [1.82, 2.24) is 10.2 Å². The minimum Gasteiger partial charge on any atom is -0.387 e. The number of carbonyl (C=O) groups is 1. The van der Waals surface area contributed by atoms with Crippen LogP contribution in [0, 0.1) is 22.6 Å². The van der Waals surface area contributed by atoms with E-state index in [1.165, 1.54) is 43.8 Å². The molecular weight excluding hydrogens is 539 g/mol. The van der Waals surface area contributed by atoms with E-state index >= 15 is 0 Å². The van der Waals surface area contributed by atoms with Gasteiger partial charge in [0.05, 0.1) is 23.6 Å². The molecule has 2 fully saturated rings. The van der Waals surface area contributed by atoms with E-state index in [4.69, 9.17) is 17.0 Å². The van der Waals surface area contributed by atoms with Crippen molar-refractivity contribution in [1.29, 1.82) is 5.41 Å². The molecule has 1 aromatic rings. The van der Waals surface area contributed by atoms with Crippen LogP contribution in [-0.2, 0) is 4.79 Å². The van der Waals surface area contributed by atoms with Gasteiger partial charge in [0, 0.05) is 41.6 Å². The SMILES string of the molecule is C=C(NC1CCCN(C(=O)C2=CN=CC(=N)/C2=C\C)C1)[C@H](O)C(C)C.CC.CCC1(C)CC1.Fc1cccc(Cl)c1. The second-order valence-corrected chi connectivity index (χ2v) is 11.4. The number of carbonyl (C=O) groups excluding carboxylic acids is 1. The number of hydrogen-bond acceptors (Lipinski definition) is 5. The number of likely N-dealkylation sites (tertiary alicyclic amines) is 1. The van der Waals surface area contributed by atoms with E-state index in [1.54, 1.807) is 23.1 Å². The molecule has 1 aromatic carbocycles. The third kappa shape index (κ3) is 12.3. The number of aliphatic hydroxyl groups is 1. The van der Waals surface area contributed by atoms with Crippen LogP contribution in [0.2, 0.25) is 5.02 Å². The lowest BCUT2D eigenvalue weighted by atomic mass is 9.97. The Morgan fingerprint density at radius 1 is 1.37 bits per heavy atom. The standard InChI is InChI=1S/C19H28N4O2.C6H4ClF.C6H12.C2H6/c1-5-15-16(9-21-10-17(15)20)19(25)23-8-6-7-14(11-23)22-13(4)18(24)12(2)3;7-5-2-1-3-6(8)4-5;1-3-6(2)4-5-6;1-2/h5,9-10,12,14,18,20,22,24H,4,6-8,11H2,1-3H3;1-4H;3-5H2,1-2H3;1-2H3/b15-5-,20-17?;;;/t14?,18-;;;/m1.../s1. The van der Waals surface area contributed by atoms with Gasteiger partial charge in [0.2, 0.25) is 0 Å². The molecule has 6 nitrogen and oxygen atoms in total. The number of aliphatic imine (C=N–C) groups is 1. The summed E-state index contributed by atoms with van der Waals surface area (Å²) in [7, 11) is 0. The first kappa shape index (κ1) is 36.3. The molecule has 4 rings (SSSR count). The van der Waals surface area contributed by atoms with Crippen molar-refractivity contribution in [2.45, 2.75) is 92.7 Å². The number of halogens is 2. The highest BCUT2D eigenvalue weighted by Gasteiger charge is 2.34. The van der Waals surface area contributed by atoms with Crippen molar-refractivity contribution in [3.63, 3.8) is 0 Å². The molecule has 0 aromatic heterocycles. The average molecular weight is 589 g/mol. The minimum absolute atomic E-state index is 0.0693. The van der Waals surface area contributed by atoms with Crippen molar-refractivity contribution >= 4 is 29.4 Å². The fraction of sp³-hybridized carbons (Fsp3) is 0.545. The van der Waals surface area contributed by atoms with Crippen molar-refractivity contribution in [3.05, 3.63) is 70.8 Å². The first-order valence-electron chi connectivity index (χ1n) is 14.7. The number of amides is 1. The zero-order chi connectivity index (χ0) is 31.2. The largest absolute Gasteiger partial charge is 0.387 e. The van der Waals surface area contributed by atoms with Gasteiger partial charge >= 0.3 is 0 Å². The highest BCUT2D eigenvalue weighted by Crippen LogP contribution is 2.47. The predicted molar refractivity (Wildman–Crippen MR) is 171 cm³/mol. The molecule has 3 aliphatic rings. The first-order chi connectivity index (χ1) is 19.4. The van der Waals surface area contributed by atoms with E-state index in [0.717, 1.165) is 18.3 Å². The molecule has 1 aliphatic carbocycles. The maximum absolute atomic E-state index is 12.9. The molecule has 2 atom stereocenters. The number of aliphatic hydroxyl groups excluding tert-OH is 1. The lowest BCUT2D eigenvalue weighted by molar-refractivity contribution is -0.128. The van der Waals surface area contributed by atoms with Crippen LogP contribution in [0.5, 0.6) is 0 Å². The van der Waals surface area contributed by atoms with E-state index < -0.39 is 6.10 Å². The van der Waals surface area contributed by atoms with Gasteiger partial charge in [-0.05, 0) is 62.1 Å². The van der Waals surface area contributed by atoms with Crippen molar-refractivity contribution < 1.29 is 14.3 Å². The Morgan fingerprint density at radius 2 is 2.02 bits per heavy atom. The van der Waals surface area contributed by atoms with Gasteiger partial charge < -0.3 is 15.3 Å². The highest BCUT2D eigenvalue weighted by molar-refractivity contribution is 6.41. The van der Waals surface area contributed by atoms with Gasteiger partial charge in [-0.15, -0.1) is 0 Å². The number of allylic oxidation sites excluding steroid dienone is 1. The lowest BCUT2D eigenvalue weighted by Gasteiger charge is -2.35. The smallest absolute Gasteiger partial charge is 0.256 e. The molecule has 1 saturated heterocycles. The summed E-state index contributed by atoms with van der Waals surface area (Å²) in [5.41, 5.74) is 2.74. The summed E-state index contributed by atoms with van der Waals surface area (Å²) in [5.74, 6) is -0.302. The molecule has 3 N–H and O–H groups in total. The maximum atomic E-state index is 12.9. The van der Waals surface area contributed by atoms with Gasteiger partial charge in [-0.1, -0.05) is 78.3 Å². The monoisotopic (exact) mass is 588 g/mol. The van der Waals surface area contributed by atoms with Crippen LogP contribution in [0.25, 0.3) is 0 Å². The van der Waals surface area contributed by atoms with Crippen molar-refractivity contribution in [2.75, 3.05) is 13.1 Å². The van der Waals surface area contributed by atoms with Crippen LogP contribution in [-0.4, -0.2) is 53.1 Å². The number of rotatable bonds is 6. The maximum Gasteiger partial charge on any atom is 0.256 e. The van der Waals surface area contributed by atoms with Crippen molar-refractivity contribution in [3.8, 4) is 0 Å². The second kappa shape index (κ2) is 17.9. The van der Waals surface area contributed by atoms with Crippen LogP contribution < -0.4 is 5.32 Å². The Balaban J connectivity index is 0.000000423. The fourth-order valence-electron chi connectivity index (χ4n) is 4.18. The summed E-state index contributed by atoms with van der Waals surface area (Å²) >= 11 is 5.40. The molecule has 1 amide bonds. The minimum atomic E-state index is -0.600. The van der Waals surface area contributed by atoms with Gasteiger partial charge in [-0.2, -0.15) is 0 Å². The Morgan fingerprint density at radius 3 is 2.49 bits per heavy atom. The third-order valence-corrected chi connectivity index (χ3v) is 7.57. The van der Waals surface area contributed by atoms with E-state index in [9.17, 15) is 14.3 Å². The van der Waals surface area contributed by atoms with Crippen LogP contribution in [0.15, 0.2) is 65.0 Å². The predicted octanol–water partition coefficient (Wildman–Crippen LogP) is 7.73. The fourth-order valence-corrected chi connectivity index (χ4v) is 4.36. The van der Waals surface area contributed by atoms with Gasteiger partial charge in [-0.3, -0.25) is 15.2 Å². The van der Waals surface area contributed by atoms with Crippen LogP contribution in [0.3, 0.4) is 0 Å². The Labute approximate surface area is 252 Å². The number of nitrogens with one attached hydrogen (secondary N) is 2. The third-order valence-electron chi connectivity index (χ3n) is 7.34. The summed E-state index contributed by atoms with van der Waals surface area (Å²) in [6.45, 7) is 19.5. The van der Waals surface area contributed by atoms with Crippen LogP contribution in [0.4, 0.5) is 4.39 Å². The lowest BCUT2D eigenvalue weighted by Crippen LogP contribution is -2.49. The van der Waals surface area contributed by atoms with E-state index in [2.05, 4.69) is 30.7 Å². The normalized spacial score (nSPS) is 20.3. The summed E-state index contributed by atoms with van der Waals surface area (Å²) in [6, 6.07) is 5.88. The molecule has 0 bridgehead atoms. The molecule has 1 unspecified atom stereocenters. The summed E-state index contributed by atoms with van der Waals surface area (Å²) < 4.78 is 12.1. The molecule has 8 heteroatoms. The molecule has 41 heavy (non-hydrogen) atoms. The van der Waals surface area contributed by atoms with E-state index in [0.29, 0.717) is 35.0 Å². The molecule has 228 valence electrons. The van der Waals surface area contributed by atoms with Gasteiger partial charge in [-0.25, -0.2) is 4.39 Å². The first-order valence-corrected chi connectivity index (χ1v) is 15.1. The Bertz CT molecular complexity index is 1090. The summed E-state index contributed by atoms with van der Waals surface area (Å²) in [5, 5.41) is 21.7. The van der Waals surface area contributed by atoms with E-state index in [1.807, 2.05) is 34.6 Å². The summed E-state index contributed by atoms with van der Waals surface area (Å²) in [6.07, 6.45) is 10.3.